The Kier molecular flexibility index (Phi) is 6.49. The predicted octanol–water partition coefficient (Wildman–Crippen LogP) is 12.8. The van der Waals surface area contributed by atoms with E-state index in [2.05, 4.69) is 74.5 Å². The highest BCUT2D eigenvalue weighted by Crippen LogP contribution is 2.49. The van der Waals surface area contributed by atoms with Gasteiger partial charge in [-0.2, -0.15) is 0 Å². The van der Waals surface area contributed by atoms with E-state index in [1.165, 1.54) is 11.1 Å². The molecule has 6 heteroatoms. The molecular weight excluding hydrogens is 667 g/mol. The van der Waals surface area contributed by atoms with E-state index in [1.807, 2.05) is 91.0 Å². The zero-order valence-electron chi connectivity index (χ0n) is 29.5. The Bertz CT molecular complexity index is 3120. The van der Waals surface area contributed by atoms with Crippen molar-refractivity contribution in [3.63, 3.8) is 0 Å². The molecule has 4 heterocycles. The van der Waals surface area contributed by atoms with Gasteiger partial charge in [0.05, 0.1) is 0 Å². The summed E-state index contributed by atoms with van der Waals surface area (Å²) in [5, 5.41) is 4.20. The summed E-state index contributed by atoms with van der Waals surface area (Å²) in [5.41, 5.74) is 10.1. The fourth-order valence-corrected chi connectivity index (χ4v) is 8.05. The lowest BCUT2D eigenvalue weighted by atomic mass is 9.75. The number of hydrogen-bond acceptors (Lipinski definition) is 6. The fourth-order valence-electron chi connectivity index (χ4n) is 8.05. The van der Waals surface area contributed by atoms with Crippen molar-refractivity contribution >= 4 is 43.9 Å². The molecule has 3 aromatic heterocycles. The van der Waals surface area contributed by atoms with Gasteiger partial charge in [-0.05, 0) is 59.7 Å². The summed E-state index contributed by atoms with van der Waals surface area (Å²) in [4.78, 5) is 15.0. The first-order valence-electron chi connectivity index (χ1n) is 18.1. The molecule has 0 bridgehead atoms. The molecule has 11 rings (SSSR count). The monoisotopic (exact) mass is 697 g/mol. The number of para-hydroxylation sites is 2. The van der Waals surface area contributed by atoms with Gasteiger partial charge in [-0.1, -0.05) is 117 Å². The third kappa shape index (κ3) is 4.70. The van der Waals surface area contributed by atoms with Crippen LogP contribution in [-0.2, 0) is 5.41 Å². The van der Waals surface area contributed by atoms with Gasteiger partial charge in [-0.25, -0.2) is 15.0 Å². The summed E-state index contributed by atoms with van der Waals surface area (Å²) in [6.07, 6.45) is 0. The summed E-state index contributed by atoms with van der Waals surface area (Å²) in [7, 11) is 0. The van der Waals surface area contributed by atoms with Crippen molar-refractivity contribution in [2.24, 2.45) is 0 Å². The van der Waals surface area contributed by atoms with Crippen LogP contribution in [0.4, 0.5) is 0 Å². The van der Waals surface area contributed by atoms with Crippen molar-refractivity contribution in [2.75, 3.05) is 0 Å². The average Bonchev–Trinajstić information content (AvgIpc) is 3.78. The van der Waals surface area contributed by atoms with E-state index in [-0.39, 0.29) is 5.41 Å². The minimum atomic E-state index is -0.178. The maximum Gasteiger partial charge on any atom is 0.164 e. The predicted molar refractivity (Wildman–Crippen MR) is 215 cm³/mol. The number of nitrogens with zero attached hydrogens (tertiary/aromatic N) is 3. The van der Waals surface area contributed by atoms with Gasteiger partial charge in [-0.3, -0.25) is 0 Å². The average molecular weight is 698 g/mol. The van der Waals surface area contributed by atoms with E-state index < -0.39 is 0 Å². The Morgan fingerprint density at radius 2 is 1.00 bits per heavy atom. The number of ether oxygens (including phenoxy) is 1. The van der Waals surface area contributed by atoms with Gasteiger partial charge in [0.1, 0.15) is 33.8 Å². The summed E-state index contributed by atoms with van der Waals surface area (Å²) >= 11 is 0. The van der Waals surface area contributed by atoms with Crippen molar-refractivity contribution < 1.29 is 13.6 Å². The molecular formula is C48H31N3O3. The first-order chi connectivity index (χ1) is 26.5. The van der Waals surface area contributed by atoms with Crippen molar-refractivity contribution in [1.82, 2.24) is 15.0 Å². The second-order valence-corrected chi connectivity index (χ2v) is 14.4. The normalized spacial score (nSPS) is 13.3. The third-order valence-corrected chi connectivity index (χ3v) is 10.8. The Hall–Kier alpha value is -7.05. The van der Waals surface area contributed by atoms with Gasteiger partial charge in [0.2, 0.25) is 0 Å². The maximum atomic E-state index is 6.56. The van der Waals surface area contributed by atoms with Crippen molar-refractivity contribution in [2.45, 2.75) is 19.3 Å². The Balaban J connectivity index is 1.03. The summed E-state index contributed by atoms with van der Waals surface area (Å²) in [6.45, 7) is 4.51. The zero-order valence-corrected chi connectivity index (χ0v) is 29.5. The highest BCUT2D eigenvalue weighted by Gasteiger charge is 2.34. The van der Waals surface area contributed by atoms with Gasteiger partial charge in [0, 0.05) is 54.8 Å². The smallest absolute Gasteiger partial charge is 0.164 e. The van der Waals surface area contributed by atoms with Gasteiger partial charge in [0.15, 0.2) is 17.5 Å². The molecule has 0 N–H and O–H groups in total. The number of hydrogen-bond donors (Lipinski definition) is 0. The van der Waals surface area contributed by atoms with Crippen LogP contribution in [0, 0.1) is 0 Å². The molecule has 0 spiro atoms. The molecule has 1 aliphatic rings. The van der Waals surface area contributed by atoms with E-state index in [1.54, 1.807) is 0 Å². The third-order valence-electron chi connectivity index (χ3n) is 10.8. The second kappa shape index (κ2) is 11.5. The molecule has 6 nitrogen and oxygen atoms in total. The molecule has 0 aliphatic carbocycles. The molecule has 7 aromatic carbocycles. The SMILES string of the molecule is CC1(C)c2ccccc2Oc2cc(-c3cccc4oc5cc(-c6nc(-c7ccccc7)nc(-c7ccc8c(c7)oc7ccccc78)n6)ccc5c34)ccc21. The maximum absolute atomic E-state index is 6.56. The van der Waals surface area contributed by atoms with Crippen molar-refractivity contribution in [3.05, 3.63) is 163 Å². The largest absolute Gasteiger partial charge is 0.457 e. The molecule has 0 saturated heterocycles. The molecule has 0 atom stereocenters. The van der Waals surface area contributed by atoms with Crippen LogP contribution in [0.1, 0.15) is 25.0 Å². The van der Waals surface area contributed by atoms with Crippen LogP contribution in [0.3, 0.4) is 0 Å². The molecule has 0 unspecified atom stereocenters. The topological polar surface area (TPSA) is 74.2 Å². The van der Waals surface area contributed by atoms with Gasteiger partial charge >= 0.3 is 0 Å². The Morgan fingerprint density at radius 1 is 0.407 bits per heavy atom. The number of benzene rings is 7. The first kappa shape index (κ1) is 30.6. The number of furan rings is 2. The summed E-state index contributed by atoms with van der Waals surface area (Å²) < 4.78 is 19.3. The van der Waals surface area contributed by atoms with Gasteiger partial charge < -0.3 is 13.6 Å². The highest BCUT2D eigenvalue weighted by molar-refractivity contribution is 6.13. The first-order valence-corrected chi connectivity index (χ1v) is 18.1. The van der Waals surface area contributed by atoms with Gasteiger partial charge in [-0.15, -0.1) is 0 Å². The zero-order chi connectivity index (χ0) is 36.0. The lowest BCUT2D eigenvalue weighted by Crippen LogP contribution is -2.24. The minimum absolute atomic E-state index is 0.178. The van der Waals surface area contributed by atoms with Crippen molar-refractivity contribution in [1.29, 1.82) is 0 Å². The van der Waals surface area contributed by atoms with Gasteiger partial charge in [0.25, 0.3) is 0 Å². The van der Waals surface area contributed by atoms with Crippen molar-refractivity contribution in [3.8, 4) is 56.8 Å². The standard InChI is InChI=1S/C48H31N3O3/c1-48(2)36-15-7-9-17-39(36)53-43-25-29(21-24-37(43)48)32-14-10-18-40-44(32)35-23-20-31(27-42(35)54-40)47-50-45(28-11-4-3-5-12-28)49-46(51-47)30-19-22-34-33-13-6-8-16-38(33)52-41(34)26-30/h3-27H,1-2H3. The van der Waals surface area contributed by atoms with Crippen LogP contribution in [-0.4, -0.2) is 15.0 Å². The van der Waals surface area contributed by atoms with Crippen LogP contribution in [0.2, 0.25) is 0 Å². The van der Waals surface area contributed by atoms with E-state index in [0.717, 1.165) is 83.2 Å². The number of rotatable bonds is 4. The van der Waals surface area contributed by atoms with E-state index in [0.29, 0.717) is 17.5 Å². The Morgan fingerprint density at radius 3 is 1.81 bits per heavy atom. The van der Waals surface area contributed by atoms with E-state index in [9.17, 15) is 0 Å². The number of fused-ring (bicyclic) bond motifs is 8. The minimum Gasteiger partial charge on any atom is -0.457 e. The van der Waals surface area contributed by atoms with Crippen LogP contribution in [0.15, 0.2) is 160 Å². The highest BCUT2D eigenvalue weighted by atomic mass is 16.5. The molecule has 0 fully saturated rings. The molecule has 0 amide bonds. The van der Waals surface area contributed by atoms with Crippen LogP contribution in [0.25, 0.3) is 89.2 Å². The second-order valence-electron chi connectivity index (χ2n) is 14.4. The molecule has 10 aromatic rings. The Labute approximate surface area is 310 Å². The molecule has 256 valence electrons. The van der Waals surface area contributed by atoms with E-state index in [4.69, 9.17) is 28.5 Å². The molecule has 1 aliphatic heterocycles. The molecule has 0 radical (unpaired) electrons. The molecule has 0 saturated carbocycles. The fraction of sp³-hybridized carbons (Fsp3) is 0.0625. The van der Waals surface area contributed by atoms with Crippen LogP contribution in [0.5, 0.6) is 11.5 Å². The summed E-state index contributed by atoms with van der Waals surface area (Å²) in [6, 6.07) is 51.5. The quantitative estimate of drug-likeness (QED) is 0.182. The molecule has 54 heavy (non-hydrogen) atoms. The lowest BCUT2D eigenvalue weighted by Gasteiger charge is -2.34. The lowest BCUT2D eigenvalue weighted by molar-refractivity contribution is 0.418. The van der Waals surface area contributed by atoms with E-state index >= 15 is 0 Å². The van der Waals surface area contributed by atoms with Crippen LogP contribution >= 0.6 is 0 Å². The summed E-state index contributed by atoms with van der Waals surface area (Å²) in [5.74, 6) is 3.49. The van der Waals surface area contributed by atoms with Crippen LogP contribution < -0.4 is 4.74 Å². The number of aromatic nitrogens is 3.